The Labute approximate surface area is 549 Å². The Kier molecular flexibility index (Phi) is 61.8. The van der Waals surface area contributed by atoms with E-state index in [1.165, 1.54) is 167 Å². The highest BCUT2D eigenvalue weighted by Gasteiger charge is 2.30. The first-order valence-corrected chi connectivity index (χ1v) is 40.0. The minimum atomic E-state index is -4.95. The zero-order valence-electron chi connectivity index (χ0n) is 58.4. The maximum atomic E-state index is 13.0. The van der Waals surface area contributed by atoms with Crippen LogP contribution in [0.4, 0.5) is 0 Å². The third-order valence-electron chi connectivity index (χ3n) is 16.5. The molecule has 17 nitrogen and oxygen atoms in total. The molecule has 0 radical (unpaired) electrons. The smallest absolute Gasteiger partial charge is 0.462 e. The van der Waals surface area contributed by atoms with Crippen LogP contribution < -0.4 is 0 Å². The molecule has 5 atom stereocenters. The third-order valence-corrected chi connectivity index (χ3v) is 18.4. The first-order chi connectivity index (χ1) is 43.4. The average Bonchev–Trinajstić information content (AvgIpc) is 3.23. The number of aliphatic hydroxyl groups excluding tert-OH is 1. The van der Waals surface area contributed by atoms with Gasteiger partial charge in [0.2, 0.25) is 0 Å². The summed E-state index contributed by atoms with van der Waals surface area (Å²) < 4.78 is 68.2. The van der Waals surface area contributed by atoms with Crippen LogP contribution in [0.15, 0.2) is 0 Å². The summed E-state index contributed by atoms with van der Waals surface area (Å²) >= 11 is 0. The second-order valence-electron chi connectivity index (χ2n) is 26.6. The zero-order chi connectivity index (χ0) is 66.5. The Morgan fingerprint density at radius 2 is 0.511 bits per heavy atom. The van der Waals surface area contributed by atoms with Crippen molar-refractivity contribution in [3.05, 3.63) is 0 Å². The highest BCUT2D eigenvalue weighted by molar-refractivity contribution is 7.47. The van der Waals surface area contributed by atoms with Crippen LogP contribution in [0, 0.1) is 11.8 Å². The van der Waals surface area contributed by atoms with Gasteiger partial charge in [-0.25, -0.2) is 9.13 Å². The fraction of sp³-hybridized carbons (Fsp3) is 0.944. The van der Waals surface area contributed by atoms with E-state index >= 15 is 0 Å². The molecule has 0 amide bonds. The second kappa shape index (κ2) is 63.1. The van der Waals surface area contributed by atoms with Crippen LogP contribution >= 0.6 is 15.6 Å². The number of phosphoric ester groups is 2. The van der Waals surface area contributed by atoms with Gasteiger partial charge in [0.15, 0.2) is 12.2 Å². The first-order valence-electron chi connectivity index (χ1n) is 37.0. The fourth-order valence-corrected chi connectivity index (χ4v) is 12.3. The molecule has 0 saturated carbocycles. The molecule has 0 aromatic heterocycles. The second-order valence-corrected chi connectivity index (χ2v) is 29.5. The van der Waals surface area contributed by atoms with Gasteiger partial charge in [-0.05, 0) is 37.5 Å². The summed E-state index contributed by atoms with van der Waals surface area (Å²) in [6.45, 7) is 9.44. The maximum Gasteiger partial charge on any atom is 0.472 e. The summed E-state index contributed by atoms with van der Waals surface area (Å²) in [5, 5.41) is 10.6. The SMILES string of the molecule is CCCCCCCCCCCCCCCCCCCC(=O)OC[C@H](COP(=O)(O)OC[C@@H](O)COP(=O)(O)OC[C@@H](COC(=O)CCCCCCCCC)OC(=O)CCCCCCCCC(C)C)OC(=O)CCCCCCCCCCCCCCCCC(C)C. The van der Waals surface area contributed by atoms with E-state index in [9.17, 15) is 43.2 Å². The maximum absolute atomic E-state index is 13.0. The van der Waals surface area contributed by atoms with Crippen molar-refractivity contribution in [1.82, 2.24) is 0 Å². The standard InChI is InChI=1S/C71H138O17P2/c1-7-9-11-13-15-16-17-18-19-20-21-25-28-31-35-42-48-54-69(74)82-60-66(87-70(75)55-49-43-36-32-29-26-23-22-24-27-30-34-39-45-51-63(3)4)61-85-89(77,78)83-57-65(72)58-84-90(79,80)86-62-67(59-81-68(73)53-47-41-33-14-12-10-8-2)88-71(76)56-50-44-38-37-40-46-52-64(5)6/h63-67,72H,7-62H2,1-6H3,(H,77,78)(H,79,80)/t65-,66-,67-/m1/s1. The lowest BCUT2D eigenvalue weighted by Crippen LogP contribution is -2.30. The van der Waals surface area contributed by atoms with Gasteiger partial charge < -0.3 is 33.8 Å². The van der Waals surface area contributed by atoms with Gasteiger partial charge in [-0.1, -0.05) is 311 Å². The van der Waals surface area contributed by atoms with Crippen LogP contribution in [0.25, 0.3) is 0 Å². The summed E-state index contributed by atoms with van der Waals surface area (Å²) in [5.74, 6) is -0.667. The Balaban J connectivity index is 5.18. The van der Waals surface area contributed by atoms with Gasteiger partial charge in [-0.2, -0.15) is 0 Å². The van der Waals surface area contributed by atoms with E-state index in [0.717, 1.165) is 109 Å². The Hall–Kier alpha value is -1.94. The van der Waals surface area contributed by atoms with E-state index < -0.39 is 97.5 Å². The number of rotatable bonds is 70. The van der Waals surface area contributed by atoms with Crippen LogP contribution in [0.2, 0.25) is 0 Å². The van der Waals surface area contributed by atoms with Crippen LogP contribution in [0.3, 0.4) is 0 Å². The van der Waals surface area contributed by atoms with E-state index in [0.29, 0.717) is 31.6 Å². The molecule has 0 spiro atoms. The lowest BCUT2D eigenvalue weighted by atomic mass is 10.0. The average molecular weight is 1330 g/mol. The number of aliphatic hydroxyl groups is 1. The number of esters is 4. The molecular weight excluding hydrogens is 1190 g/mol. The lowest BCUT2D eigenvalue weighted by Gasteiger charge is -2.21. The molecule has 19 heteroatoms. The number of carbonyl (C=O) groups excluding carboxylic acids is 4. The lowest BCUT2D eigenvalue weighted by molar-refractivity contribution is -0.161. The zero-order valence-corrected chi connectivity index (χ0v) is 60.2. The first kappa shape index (κ1) is 88.1. The van der Waals surface area contributed by atoms with E-state index in [1.54, 1.807) is 0 Å². The van der Waals surface area contributed by atoms with E-state index in [4.69, 9.17) is 37.0 Å². The van der Waals surface area contributed by atoms with Crippen molar-refractivity contribution in [3.8, 4) is 0 Å². The predicted octanol–water partition coefficient (Wildman–Crippen LogP) is 20.4. The molecule has 3 N–H and O–H groups in total. The molecule has 2 unspecified atom stereocenters. The fourth-order valence-electron chi connectivity index (χ4n) is 10.8. The Morgan fingerprint density at radius 1 is 0.300 bits per heavy atom. The summed E-state index contributed by atoms with van der Waals surface area (Å²) in [6, 6.07) is 0. The number of hydrogen-bond acceptors (Lipinski definition) is 15. The monoisotopic (exact) mass is 1320 g/mol. The molecule has 0 aromatic carbocycles. The van der Waals surface area contributed by atoms with E-state index in [-0.39, 0.29) is 25.7 Å². The van der Waals surface area contributed by atoms with Crippen LogP contribution in [0.5, 0.6) is 0 Å². The van der Waals surface area contributed by atoms with Crippen molar-refractivity contribution < 1.29 is 80.2 Å². The van der Waals surface area contributed by atoms with E-state index in [1.807, 2.05) is 0 Å². The van der Waals surface area contributed by atoms with Crippen molar-refractivity contribution in [2.75, 3.05) is 39.6 Å². The van der Waals surface area contributed by atoms with Gasteiger partial charge in [0, 0.05) is 25.7 Å². The van der Waals surface area contributed by atoms with Crippen LogP contribution in [-0.4, -0.2) is 96.7 Å². The van der Waals surface area contributed by atoms with Crippen LogP contribution in [0.1, 0.15) is 363 Å². The van der Waals surface area contributed by atoms with Gasteiger partial charge in [0.05, 0.1) is 26.4 Å². The number of phosphoric acid groups is 2. The molecule has 90 heavy (non-hydrogen) atoms. The number of ether oxygens (including phenoxy) is 4. The summed E-state index contributed by atoms with van der Waals surface area (Å²) in [4.78, 5) is 72.4. The minimum Gasteiger partial charge on any atom is -0.462 e. The third kappa shape index (κ3) is 64.8. The van der Waals surface area contributed by atoms with Crippen molar-refractivity contribution in [2.24, 2.45) is 11.8 Å². The summed E-state index contributed by atoms with van der Waals surface area (Å²) in [6.07, 6.45) is 49.0. The normalized spacial score (nSPS) is 14.1. The van der Waals surface area contributed by atoms with E-state index in [2.05, 4.69) is 41.5 Å². The molecule has 0 bridgehead atoms. The highest BCUT2D eigenvalue weighted by Crippen LogP contribution is 2.45. The minimum absolute atomic E-state index is 0.102. The summed E-state index contributed by atoms with van der Waals surface area (Å²) in [7, 11) is -9.89. The number of carbonyl (C=O) groups is 4. The van der Waals surface area contributed by atoms with Gasteiger partial charge in [0.1, 0.15) is 19.3 Å². The van der Waals surface area contributed by atoms with Crippen molar-refractivity contribution in [3.63, 3.8) is 0 Å². The summed E-state index contributed by atoms with van der Waals surface area (Å²) in [5.41, 5.74) is 0. The molecule has 0 heterocycles. The van der Waals surface area contributed by atoms with Gasteiger partial charge in [0.25, 0.3) is 0 Å². The molecule has 534 valence electrons. The Morgan fingerprint density at radius 3 is 0.756 bits per heavy atom. The molecule has 0 aliphatic heterocycles. The van der Waals surface area contributed by atoms with Gasteiger partial charge >= 0.3 is 39.5 Å². The molecule has 0 aromatic rings. The van der Waals surface area contributed by atoms with Crippen LogP contribution in [-0.2, 0) is 65.4 Å². The molecule has 0 rings (SSSR count). The van der Waals surface area contributed by atoms with Crippen molar-refractivity contribution in [1.29, 1.82) is 0 Å². The van der Waals surface area contributed by atoms with Gasteiger partial charge in [-0.15, -0.1) is 0 Å². The topological polar surface area (TPSA) is 237 Å². The number of unbranched alkanes of at least 4 members (excludes halogenated alkanes) is 40. The van der Waals surface area contributed by atoms with Crippen molar-refractivity contribution in [2.45, 2.75) is 381 Å². The number of hydrogen-bond donors (Lipinski definition) is 3. The molecule has 0 aliphatic rings. The largest absolute Gasteiger partial charge is 0.472 e. The molecule has 0 saturated heterocycles. The molecule has 0 aliphatic carbocycles. The molecular formula is C71H138O17P2. The molecule has 0 fully saturated rings. The van der Waals surface area contributed by atoms with Gasteiger partial charge in [-0.3, -0.25) is 37.3 Å². The highest BCUT2D eigenvalue weighted by atomic mass is 31.2. The quantitative estimate of drug-likeness (QED) is 0.0222. The van der Waals surface area contributed by atoms with Crippen molar-refractivity contribution >= 4 is 39.5 Å². The predicted molar refractivity (Wildman–Crippen MR) is 363 cm³/mol. The Bertz CT molecular complexity index is 1750.